The summed E-state index contributed by atoms with van der Waals surface area (Å²) in [5, 5.41) is 9.34. The van der Waals surface area contributed by atoms with Gasteiger partial charge < -0.3 is 19.9 Å². The lowest BCUT2D eigenvalue weighted by Crippen LogP contribution is -2.37. The fourth-order valence-electron chi connectivity index (χ4n) is 2.37. The third-order valence-electron chi connectivity index (χ3n) is 3.57. The van der Waals surface area contributed by atoms with Crippen molar-refractivity contribution in [2.24, 2.45) is 0 Å². The number of urea groups is 1. The minimum atomic E-state index is -0.482. The molecule has 1 aromatic carbocycles. The van der Waals surface area contributed by atoms with Crippen LogP contribution in [0.2, 0.25) is 0 Å². The molecule has 0 aliphatic rings. The summed E-state index contributed by atoms with van der Waals surface area (Å²) in [6.45, 7) is 5.52. The van der Waals surface area contributed by atoms with E-state index in [1.165, 1.54) is 18.2 Å². The summed E-state index contributed by atoms with van der Waals surface area (Å²) in [5.41, 5.74) is 2.10. The fourth-order valence-corrected chi connectivity index (χ4v) is 2.37. The van der Waals surface area contributed by atoms with Crippen molar-refractivity contribution in [1.82, 2.24) is 10.5 Å². The van der Waals surface area contributed by atoms with Gasteiger partial charge >= 0.3 is 6.03 Å². The Hall–Kier alpha value is -3.01. The first-order valence-electron chi connectivity index (χ1n) is 7.75. The van der Waals surface area contributed by atoms with E-state index in [1.54, 1.807) is 0 Å². The highest BCUT2D eigenvalue weighted by Gasteiger charge is 2.16. The minimum Gasteiger partial charge on any atom is -0.479 e. The van der Waals surface area contributed by atoms with Gasteiger partial charge in [-0.15, -0.1) is 6.42 Å². The van der Waals surface area contributed by atoms with Gasteiger partial charge in [0, 0.05) is 17.7 Å². The van der Waals surface area contributed by atoms with E-state index in [0.29, 0.717) is 12.1 Å². The van der Waals surface area contributed by atoms with Crippen LogP contribution in [0.15, 0.2) is 22.7 Å². The number of benzene rings is 1. The average Bonchev–Trinajstić information content (AvgIpc) is 2.86. The quantitative estimate of drug-likeness (QED) is 0.788. The smallest absolute Gasteiger partial charge is 0.319 e. The highest BCUT2D eigenvalue weighted by Crippen LogP contribution is 2.25. The summed E-state index contributed by atoms with van der Waals surface area (Å²) in [5.74, 6) is 2.72. The van der Waals surface area contributed by atoms with E-state index in [2.05, 4.69) is 21.7 Å². The molecule has 1 unspecified atom stereocenters. The Bertz CT molecular complexity index is 776. The number of halogens is 1. The fraction of sp³-hybridized carbons (Fsp3) is 0.333. The molecule has 2 N–H and O–H groups in total. The largest absolute Gasteiger partial charge is 0.479 e. The van der Waals surface area contributed by atoms with Crippen molar-refractivity contribution in [2.75, 3.05) is 11.9 Å². The topological polar surface area (TPSA) is 76.4 Å². The molecule has 0 bridgehead atoms. The first-order valence-corrected chi connectivity index (χ1v) is 7.75. The number of nitrogens with one attached hydrogen (secondary N) is 2. The first kappa shape index (κ1) is 18.3. The number of hydrogen-bond acceptors (Lipinski definition) is 4. The van der Waals surface area contributed by atoms with Crippen molar-refractivity contribution in [3.63, 3.8) is 0 Å². The summed E-state index contributed by atoms with van der Waals surface area (Å²) in [6, 6.07) is 3.22. The highest BCUT2D eigenvalue weighted by atomic mass is 19.1. The third-order valence-corrected chi connectivity index (χ3v) is 3.57. The van der Waals surface area contributed by atoms with E-state index in [9.17, 15) is 9.18 Å². The van der Waals surface area contributed by atoms with Gasteiger partial charge in [0.25, 0.3) is 0 Å². The Balaban J connectivity index is 1.99. The van der Waals surface area contributed by atoms with Crippen LogP contribution in [0.25, 0.3) is 0 Å². The zero-order chi connectivity index (χ0) is 18.4. The molecule has 0 radical (unpaired) electrons. The van der Waals surface area contributed by atoms with Crippen LogP contribution in [-0.4, -0.2) is 23.8 Å². The molecule has 0 aliphatic carbocycles. The van der Waals surface area contributed by atoms with Crippen molar-refractivity contribution in [3.8, 4) is 18.1 Å². The van der Waals surface area contributed by atoms with Crippen LogP contribution in [-0.2, 0) is 6.42 Å². The Morgan fingerprint density at radius 2 is 2.24 bits per heavy atom. The van der Waals surface area contributed by atoms with Gasteiger partial charge in [-0.2, -0.15) is 0 Å². The molecule has 1 aromatic heterocycles. The lowest BCUT2D eigenvalue weighted by atomic mass is 10.1. The Kier molecular flexibility index (Phi) is 6.01. The van der Waals surface area contributed by atoms with Crippen molar-refractivity contribution < 1.29 is 18.4 Å². The van der Waals surface area contributed by atoms with Gasteiger partial charge in [-0.05, 0) is 39.3 Å². The molecule has 25 heavy (non-hydrogen) atoms. The molecule has 132 valence electrons. The van der Waals surface area contributed by atoms with Gasteiger partial charge in [0.05, 0.1) is 11.4 Å². The molecular formula is C18H20FN3O3. The zero-order valence-electron chi connectivity index (χ0n) is 14.4. The molecule has 2 aromatic rings. The molecule has 6 nitrogen and oxygen atoms in total. The zero-order valence-corrected chi connectivity index (χ0v) is 14.4. The van der Waals surface area contributed by atoms with Crippen LogP contribution in [0.5, 0.6) is 5.75 Å². The van der Waals surface area contributed by atoms with Crippen LogP contribution in [0.3, 0.4) is 0 Å². The predicted octanol–water partition coefficient (Wildman–Crippen LogP) is 3.20. The van der Waals surface area contributed by atoms with Gasteiger partial charge in [-0.1, -0.05) is 11.1 Å². The standard InChI is InChI=1S/C18H20FN3O3/c1-5-8-24-17-10-14(19)6-7-16(17)21-18(23)20-11(2)9-15-12(3)22-25-13(15)4/h1,6-7,10-11H,8-9H2,2-4H3,(H2,20,21,23). The second kappa shape index (κ2) is 8.20. The SMILES string of the molecule is C#CCOc1cc(F)ccc1NC(=O)NC(C)Cc1c(C)noc1C. The number of amides is 2. The third kappa shape index (κ3) is 4.98. The van der Waals surface area contributed by atoms with Crippen molar-refractivity contribution >= 4 is 11.7 Å². The highest BCUT2D eigenvalue weighted by molar-refractivity contribution is 5.91. The van der Waals surface area contributed by atoms with E-state index < -0.39 is 11.8 Å². The number of anilines is 1. The summed E-state index contributed by atoms with van der Waals surface area (Å²) < 4.78 is 23.7. The van der Waals surface area contributed by atoms with Gasteiger partial charge in [-0.25, -0.2) is 9.18 Å². The van der Waals surface area contributed by atoms with Crippen molar-refractivity contribution in [3.05, 3.63) is 41.0 Å². The number of carbonyl (C=O) groups excluding carboxylic acids is 1. The van der Waals surface area contributed by atoms with E-state index >= 15 is 0 Å². The maximum atomic E-state index is 13.3. The van der Waals surface area contributed by atoms with Crippen LogP contribution in [0.1, 0.15) is 23.9 Å². The average molecular weight is 345 g/mol. The number of rotatable bonds is 6. The second-order valence-electron chi connectivity index (χ2n) is 5.64. The normalized spacial score (nSPS) is 11.5. The number of nitrogens with zero attached hydrogens (tertiary/aromatic N) is 1. The van der Waals surface area contributed by atoms with Crippen LogP contribution < -0.4 is 15.4 Å². The number of aromatic nitrogens is 1. The molecule has 1 atom stereocenters. The molecule has 0 aliphatic heterocycles. The summed E-state index contributed by atoms with van der Waals surface area (Å²) in [7, 11) is 0. The molecule has 1 heterocycles. The molecule has 7 heteroatoms. The molecule has 0 fully saturated rings. The van der Waals surface area contributed by atoms with Crippen LogP contribution in [0.4, 0.5) is 14.9 Å². The summed E-state index contributed by atoms with van der Waals surface area (Å²) in [4.78, 5) is 12.2. The molecule has 0 saturated carbocycles. The Morgan fingerprint density at radius 1 is 1.48 bits per heavy atom. The Morgan fingerprint density at radius 3 is 2.88 bits per heavy atom. The van der Waals surface area contributed by atoms with Gasteiger partial charge in [-0.3, -0.25) is 0 Å². The van der Waals surface area contributed by atoms with Gasteiger partial charge in [0.2, 0.25) is 0 Å². The number of hydrogen-bond donors (Lipinski definition) is 2. The second-order valence-corrected chi connectivity index (χ2v) is 5.64. The predicted molar refractivity (Wildman–Crippen MR) is 92.0 cm³/mol. The maximum absolute atomic E-state index is 13.3. The summed E-state index contributed by atoms with van der Waals surface area (Å²) >= 11 is 0. The number of carbonyl (C=O) groups is 1. The monoisotopic (exact) mass is 345 g/mol. The molecule has 0 spiro atoms. The number of aryl methyl sites for hydroxylation is 2. The molecule has 2 amide bonds. The van der Waals surface area contributed by atoms with E-state index in [0.717, 1.165) is 17.0 Å². The van der Waals surface area contributed by atoms with Crippen LogP contribution >= 0.6 is 0 Å². The first-order chi connectivity index (χ1) is 11.9. The number of terminal acetylenes is 1. The molecular weight excluding hydrogens is 325 g/mol. The van der Waals surface area contributed by atoms with Gasteiger partial charge in [0.1, 0.15) is 23.9 Å². The minimum absolute atomic E-state index is 0.0256. The lowest BCUT2D eigenvalue weighted by molar-refractivity contribution is 0.249. The van der Waals surface area contributed by atoms with E-state index in [1.807, 2.05) is 20.8 Å². The summed E-state index contributed by atoms with van der Waals surface area (Å²) in [6.07, 6.45) is 5.72. The molecule has 0 saturated heterocycles. The van der Waals surface area contributed by atoms with E-state index in [4.69, 9.17) is 15.7 Å². The Labute approximate surface area is 145 Å². The van der Waals surface area contributed by atoms with Crippen molar-refractivity contribution in [1.29, 1.82) is 0 Å². The van der Waals surface area contributed by atoms with E-state index in [-0.39, 0.29) is 18.4 Å². The maximum Gasteiger partial charge on any atom is 0.319 e. The van der Waals surface area contributed by atoms with Crippen LogP contribution in [0, 0.1) is 32.0 Å². The van der Waals surface area contributed by atoms with Crippen molar-refractivity contribution in [2.45, 2.75) is 33.2 Å². The van der Waals surface area contributed by atoms with Gasteiger partial charge in [0.15, 0.2) is 0 Å². The molecule has 2 rings (SSSR count). The number of ether oxygens (including phenoxy) is 1. The lowest BCUT2D eigenvalue weighted by Gasteiger charge is -2.16.